The van der Waals surface area contributed by atoms with Crippen LogP contribution in [0.15, 0.2) is 41.6 Å². The van der Waals surface area contributed by atoms with Gasteiger partial charge in [0.2, 0.25) is 5.91 Å². The molecule has 35 heavy (non-hydrogen) atoms. The van der Waals surface area contributed by atoms with Gasteiger partial charge < -0.3 is 15.2 Å². The zero-order chi connectivity index (χ0) is 25.7. The van der Waals surface area contributed by atoms with Crippen LogP contribution in [0.5, 0.6) is 0 Å². The first-order valence-corrected chi connectivity index (χ1v) is 12.7. The van der Waals surface area contributed by atoms with E-state index in [0.717, 1.165) is 5.56 Å². The third-order valence-corrected chi connectivity index (χ3v) is 6.99. The fraction of sp³-hybridized carbons (Fsp3) is 0.333. The zero-order valence-electron chi connectivity index (χ0n) is 19.7. The van der Waals surface area contributed by atoms with E-state index >= 15 is 0 Å². The number of hydrogen-bond acceptors (Lipinski definition) is 5. The van der Waals surface area contributed by atoms with Crippen molar-refractivity contribution in [1.82, 2.24) is 20.1 Å². The molecule has 1 aromatic heterocycles. The predicted octanol–water partition coefficient (Wildman–Crippen LogP) is 5.91. The minimum atomic E-state index is -0.428. The predicted molar refractivity (Wildman–Crippen MR) is 138 cm³/mol. The molecule has 0 spiro atoms. The number of nitrogens with one attached hydrogen (secondary N) is 2. The summed E-state index contributed by atoms with van der Waals surface area (Å²) in [5, 5.41) is 15.5. The summed E-state index contributed by atoms with van der Waals surface area (Å²) in [7, 11) is 0. The second kappa shape index (κ2) is 11.9. The molecule has 2 N–H and O–H groups in total. The number of carbonyl (C=O) groups excluding carboxylic acids is 2. The number of rotatable bonds is 9. The first-order chi connectivity index (χ1) is 16.6. The fourth-order valence-corrected chi connectivity index (χ4v) is 4.48. The molecule has 0 radical (unpaired) electrons. The van der Waals surface area contributed by atoms with E-state index in [-0.39, 0.29) is 23.5 Å². The summed E-state index contributed by atoms with van der Waals surface area (Å²) in [6.07, 6.45) is 0. The maximum absolute atomic E-state index is 13.5. The van der Waals surface area contributed by atoms with Crippen molar-refractivity contribution in [3.63, 3.8) is 0 Å². The Hall–Kier alpha value is -2.62. The quantitative estimate of drug-likeness (QED) is 0.331. The Balaban J connectivity index is 1.73. The number of benzene rings is 2. The van der Waals surface area contributed by atoms with Crippen molar-refractivity contribution in [3.8, 4) is 0 Å². The highest BCUT2D eigenvalue weighted by Gasteiger charge is 2.26. The number of carbonyl (C=O) groups is 2. The van der Waals surface area contributed by atoms with Gasteiger partial charge in [-0.25, -0.2) is 4.39 Å². The maximum atomic E-state index is 13.5. The van der Waals surface area contributed by atoms with Gasteiger partial charge in [0.25, 0.3) is 5.91 Å². The van der Waals surface area contributed by atoms with Crippen LogP contribution in [0.2, 0.25) is 10.0 Å². The standard InChI is InChI=1S/C24H26Cl2FN5O2S/c1-5-32-22(21(13(2)3)29-23(34)15-7-9-17(25)18(26)10-15)30-31-24(32)35-12-20(33)28-19-11-16(27)8-6-14(19)4/h6-11,13,21H,5,12H2,1-4H3,(H,28,33)(H,29,34)/t21-/m0/s1. The van der Waals surface area contributed by atoms with Gasteiger partial charge in [-0.2, -0.15) is 0 Å². The molecule has 1 heterocycles. The highest BCUT2D eigenvalue weighted by Crippen LogP contribution is 2.27. The largest absolute Gasteiger partial charge is 0.342 e. The summed E-state index contributed by atoms with van der Waals surface area (Å²) in [6.45, 7) is 8.21. The summed E-state index contributed by atoms with van der Waals surface area (Å²) in [4.78, 5) is 25.4. The monoisotopic (exact) mass is 537 g/mol. The molecule has 0 aliphatic heterocycles. The lowest BCUT2D eigenvalue weighted by Crippen LogP contribution is -2.33. The Morgan fingerprint density at radius 1 is 1.11 bits per heavy atom. The summed E-state index contributed by atoms with van der Waals surface area (Å²) >= 11 is 13.2. The van der Waals surface area contributed by atoms with Crippen LogP contribution in [-0.2, 0) is 11.3 Å². The van der Waals surface area contributed by atoms with Crippen LogP contribution < -0.4 is 10.6 Å². The van der Waals surface area contributed by atoms with E-state index in [1.165, 1.54) is 30.0 Å². The van der Waals surface area contributed by atoms with Gasteiger partial charge in [0.1, 0.15) is 5.82 Å². The number of hydrogen-bond donors (Lipinski definition) is 2. The Kier molecular flexibility index (Phi) is 9.15. The number of aromatic nitrogens is 3. The van der Waals surface area contributed by atoms with Crippen LogP contribution in [0.25, 0.3) is 0 Å². The van der Waals surface area contributed by atoms with Crippen molar-refractivity contribution in [1.29, 1.82) is 0 Å². The van der Waals surface area contributed by atoms with Gasteiger partial charge >= 0.3 is 0 Å². The second-order valence-corrected chi connectivity index (χ2v) is 9.96. The average molecular weight is 538 g/mol. The molecule has 0 aliphatic carbocycles. The molecule has 3 rings (SSSR count). The summed E-state index contributed by atoms with van der Waals surface area (Å²) < 4.78 is 15.4. The minimum Gasteiger partial charge on any atom is -0.342 e. The first-order valence-electron chi connectivity index (χ1n) is 11.0. The van der Waals surface area contributed by atoms with Crippen LogP contribution in [0, 0.1) is 18.7 Å². The minimum absolute atomic E-state index is 0.00771. The molecule has 0 fully saturated rings. The van der Waals surface area contributed by atoms with Crippen LogP contribution in [0.3, 0.4) is 0 Å². The lowest BCUT2D eigenvalue weighted by Gasteiger charge is -2.22. The Bertz CT molecular complexity index is 1230. The molecule has 1 atom stereocenters. The molecule has 186 valence electrons. The lowest BCUT2D eigenvalue weighted by atomic mass is 10.0. The highest BCUT2D eigenvalue weighted by atomic mass is 35.5. The Labute approximate surface area is 217 Å². The van der Waals surface area contributed by atoms with E-state index in [9.17, 15) is 14.0 Å². The number of anilines is 1. The van der Waals surface area contributed by atoms with Crippen LogP contribution in [0.4, 0.5) is 10.1 Å². The third kappa shape index (κ3) is 6.74. The molecule has 3 aromatic rings. The average Bonchev–Trinajstić information content (AvgIpc) is 3.22. The van der Waals surface area contributed by atoms with Gasteiger partial charge in [-0.15, -0.1) is 10.2 Å². The van der Waals surface area contributed by atoms with Crippen molar-refractivity contribution in [2.45, 2.75) is 45.4 Å². The highest BCUT2D eigenvalue weighted by molar-refractivity contribution is 7.99. The molecule has 7 nitrogen and oxygen atoms in total. The number of thioether (sulfide) groups is 1. The zero-order valence-corrected chi connectivity index (χ0v) is 22.1. The molecular formula is C24H26Cl2FN5O2S. The molecule has 0 saturated carbocycles. The van der Waals surface area contributed by atoms with E-state index in [4.69, 9.17) is 23.2 Å². The first kappa shape index (κ1) is 27.0. The third-order valence-electron chi connectivity index (χ3n) is 5.28. The lowest BCUT2D eigenvalue weighted by molar-refractivity contribution is -0.113. The van der Waals surface area contributed by atoms with Gasteiger partial charge in [-0.3, -0.25) is 9.59 Å². The molecule has 0 saturated heterocycles. The SMILES string of the molecule is CCn1c(SCC(=O)Nc2cc(F)ccc2C)nnc1[C@@H](NC(=O)c1ccc(Cl)c(Cl)c1)C(C)C. The molecule has 0 unspecified atom stereocenters. The maximum Gasteiger partial charge on any atom is 0.251 e. The molecule has 2 amide bonds. The van der Waals surface area contributed by atoms with E-state index in [2.05, 4.69) is 20.8 Å². The summed E-state index contributed by atoms with van der Waals surface area (Å²) in [6, 6.07) is 8.50. The topological polar surface area (TPSA) is 88.9 Å². The number of halogens is 3. The number of aryl methyl sites for hydroxylation is 1. The van der Waals surface area contributed by atoms with Crippen LogP contribution >= 0.6 is 35.0 Å². The molecule has 11 heteroatoms. The normalized spacial score (nSPS) is 12.0. The number of amides is 2. The van der Waals surface area contributed by atoms with Gasteiger partial charge in [0, 0.05) is 17.8 Å². The molecule has 0 aliphatic rings. The van der Waals surface area contributed by atoms with E-state index < -0.39 is 11.9 Å². The van der Waals surface area contributed by atoms with Crippen molar-refractivity contribution in [2.24, 2.45) is 5.92 Å². The fourth-order valence-electron chi connectivity index (χ4n) is 3.37. The smallest absolute Gasteiger partial charge is 0.251 e. The number of nitrogens with zero attached hydrogens (tertiary/aromatic N) is 3. The van der Waals surface area contributed by atoms with Gasteiger partial charge in [-0.1, -0.05) is 54.9 Å². The van der Waals surface area contributed by atoms with Crippen molar-refractivity contribution < 1.29 is 14.0 Å². The molecule has 2 aromatic carbocycles. The van der Waals surface area contributed by atoms with E-state index in [1.807, 2.05) is 25.3 Å². The summed E-state index contributed by atoms with van der Waals surface area (Å²) in [5.41, 5.74) is 1.57. The molecule has 0 bridgehead atoms. The van der Waals surface area contributed by atoms with E-state index in [1.54, 1.807) is 25.1 Å². The van der Waals surface area contributed by atoms with Crippen molar-refractivity contribution in [2.75, 3.05) is 11.1 Å². The van der Waals surface area contributed by atoms with Gasteiger partial charge in [0.15, 0.2) is 11.0 Å². The van der Waals surface area contributed by atoms with E-state index in [0.29, 0.717) is 38.8 Å². The van der Waals surface area contributed by atoms with Crippen molar-refractivity contribution in [3.05, 3.63) is 69.2 Å². The van der Waals surface area contributed by atoms with Gasteiger partial charge in [0.05, 0.1) is 21.8 Å². The summed E-state index contributed by atoms with van der Waals surface area (Å²) in [5.74, 6) is -0.364. The van der Waals surface area contributed by atoms with Crippen molar-refractivity contribution >= 4 is 52.5 Å². The van der Waals surface area contributed by atoms with Crippen LogP contribution in [-0.4, -0.2) is 32.3 Å². The second-order valence-electron chi connectivity index (χ2n) is 8.21. The molecular weight excluding hydrogens is 512 g/mol. The van der Waals surface area contributed by atoms with Crippen LogP contribution in [0.1, 0.15) is 48.6 Å². The Morgan fingerprint density at radius 3 is 2.51 bits per heavy atom. The van der Waals surface area contributed by atoms with Gasteiger partial charge in [-0.05, 0) is 55.7 Å². The Morgan fingerprint density at radius 2 is 1.86 bits per heavy atom.